The lowest BCUT2D eigenvalue weighted by Crippen LogP contribution is -1.97. The molecule has 5 heteroatoms. The lowest BCUT2D eigenvalue weighted by molar-refractivity contribution is 0.941. The topological polar surface area (TPSA) is 48.5 Å². The van der Waals surface area contributed by atoms with E-state index in [1.54, 1.807) is 6.33 Å². The van der Waals surface area contributed by atoms with Crippen molar-refractivity contribution in [1.29, 1.82) is 0 Å². The lowest BCUT2D eigenvalue weighted by atomic mass is 10.2. The van der Waals surface area contributed by atoms with Crippen LogP contribution >= 0.6 is 0 Å². The van der Waals surface area contributed by atoms with E-state index in [9.17, 15) is 0 Å². The van der Waals surface area contributed by atoms with Gasteiger partial charge in [0, 0.05) is 25.0 Å². The number of rotatable bonds is 1. The molecule has 5 nitrogen and oxygen atoms in total. The summed E-state index contributed by atoms with van der Waals surface area (Å²) in [5.41, 5.74) is 3.83. The van der Waals surface area contributed by atoms with Crippen LogP contribution in [-0.4, -0.2) is 24.1 Å². The van der Waals surface area contributed by atoms with Crippen LogP contribution in [0.15, 0.2) is 42.9 Å². The van der Waals surface area contributed by atoms with Crippen LogP contribution < -0.4 is 0 Å². The minimum atomic E-state index is 0.704. The third-order valence-corrected chi connectivity index (χ3v) is 3.66. The van der Waals surface area contributed by atoms with Gasteiger partial charge in [0.1, 0.15) is 5.52 Å². The zero-order valence-corrected chi connectivity index (χ0v) is 11.3. The summed E-state index contributed by atoms with van der Waals surface area (Å²) in [6.45, 7) is 0. The van der Waals surface area contributed by atoms with Gasteiger partial charge >= 0.3 is 0 Å². The van der Waals surface area contributed by atoms with Gasteiger partial charge in [-0.15, -0.1) is 0 Å². The number of aryl methyl sites for hydroxylation is 2. The highest BCUT2D eigenvalue weighted by Crippen LogP contribution is 2.25. The second-order valence-corrected chi connectivity index (χ2v) is 4.91. The first-order chi connectivity index (χ1) is 9.74. The number of hydrogen-bond acceptors (Lipinski definition) is 3. The fourth-order valence-electron chi connectivity index (χ4n) is 2.54. The molecule has 4 rings (SSSR count). The molecule has 0 saturated carbocycles. The molecule has 1 aromatic carbocycles. The van der Waals surface area contributed by atoms with Gasteiger partial charge in [-0.1, -0.05) is 18.2 Å². The number of benzene rings is 1. The molecule has 20 heavy (non-hydrogen) atoms. The molecule has 0 saturated heterocycles. The Kier molecular flexibility index (Phi) is 2.18. The van der Waals surface area contributed by atoms with Gasteiger partial charge in [-0.2, -0.15) is 0 Å². The van der Waals surface area contributed by atoms with Crippen molar-refractivity contribution in [3.05, 3.63) is 42.9 Å². The predicted octanol–water partition coefficient (Wildman–Crippen LogP) is 2.52. The normalized spacial score (nSPS) is 11.5. The summed E-state index contributed by atoms with van der Waals surface area (Å²) in [6, 6.07) is 10.4. The SMILES string of the molecule is Cn1cnc2nc(-c3cc4ccccc4n3C)ncc21. The van der Waals surface area contributed by atoms with Crippen molar-refractivity contribution < 1.29 is 0 Å². The standard InChI is InChI=1S/C15H13N5/c1-19-9-17-15-13(19)8-16-14(18-15)12-7-10-5-3-4-6-11(10)20(12)2/h3-9H,1-2H3. The number of fused-ring (bicyclic) bond motifs is 2. The van der Waals surface area contributed by atoms with Crippen LogP contribution in [0, 0.1) is 0 Å². The highest BCUT2D eigenvalue weighted by atomic mass is 15.1. The minimum absolute atomic E-state index is 0.704. The summed E-state index contributed by atoms with van der Waals surface area (Å²) in [5.74, 6) is 0.704. The highest BCUT2D eigenvalue weighted by molar-refractivity contribution is 5.86. The van der Waals surface area contributed by atoms with Crippen LogP contribution in [-0.2, 0) is 14.1 Å². The van der Waals surface area contributed by atoms with E-state index in [1.807, 2.05) is 37.0 Å². The molecule has 0 unspecified atom stereocenters. The average molecular weight is 263 g/mol. The average Bonchev–Trinajstić information content (AvgIpc) is 3.01. The van der Waals surface area contributed by atoms with Crippen LogP contribution in [0.25, 0.3) is 33.6 Å². The maximum atomic E-state index is 4.56. The maximum Gasteiger partial charge on any atom is 0.181 e. The Bertz CT molecular complexity index is 932. The molecule has 0 aliphatic heterocycles. The number of nitrogens with zero attached hydrogens (tertiary/aromatic N) is 5. The van der Waals surface area contributed by atoms with Crippen LogP contribution in [0.2, 0.25) is 0 Å². The van der Waals surface area contributed by atoms with E-state index >= 15 is 0 Å². The third kappa shape index (κ3) is 1.46. The number of aromatic nitrogens is 5. The van der Waals surface area contributed by atoms with Crippen LogP contribution in [0.5, 0.6) is 0 Å². The van der Waals surface area contributed by atoms with Crippen molar-refractivity contribution in [3.63, 3.8) is 0 Å². The molecule has 0 N–H and O–H groups in total. The van der Waals surface area contributed by atoms with Gasteiger partial charge in [-0.3, -0.25) is 0 Å². The second kappa shape index (κ2) is 3.90. The maximum absolute atomic E-state index is 4.56. The Morgan fingerprint density at radius 2 is 1.85 bits per heavy atom. The van der Waals surface area contributed by atoms with Crippen LogP contribution in [0.4, 0.5) is 0 Å². The van der Waals surface area contributed by atoms with Crippen molar-refractivity contribution in [2.24, 2.45) is 14.1 Å². The summed E-state index contributed by atoms with van der Waals surface area (Å²) in [6.07, 6.45) is 3.58. The first-order valence-corrected chi connectivity index (χ1v) is 6.43. The van der Waals surface area contributed by atoms with Gasteiger partial charge in [-0.25, -0.2) is 15.0 Å². The Morgan fingerprint density at radius 3 is 2.70 bits per heavy atom. The molecule has 0 aliphatic carbocycles. The van der Waals surface area contributed by atoms with Crippen molar-refractivity contribution >= 4 is 22.1 Å². The Hall–Kier alpha value is -2.69. The van der Waals surface area contributed by atoms with E-state index in [2.05, 4.69) is 37.7 Å². The largest absolute Gasteiger partial charge is 0.341 e. The summed E-state index contributed by atoms with van der Waals surface area (Å²) < 4.78 is 4.03. The van der Waals surface area contributed by atoms with Crippen molar-refractivity contribution in [3.8, 4) is 11.5 Å². The van der Waals surface area contributed by atoms with Gasteiger partial charge < -0.3 is 9.13 Å². The molecule has 0 bridgehead atoms. The van der Waals surface area contributed by atoms with Gasteiger partial charge in [0.2, 0.25) is 0 Å². The molecular weight excluding hydrogens is 250 g/mol. The van der Waals surface area contributed by atoms with Crippen LogP contribution in [0.3, 0.4) is 0 Å². The quantitative estimate of drug-likeness (QED) is 0.530. The van der Waals surface area contributed by atoms with E-state index in [0.717, 1.165) is 16.9 Å². The van der Waals surface area contributed by atoms with E-state index in [1.165, 1.54) is 10.9 Å². The predicted molar refractivity (Wildman–Crippen MR) is 78.2 cm³/mol. The molecule has 0 spiro atoms. The molecule has 0 fully saturated rings. The fourth-order valence-corrected chi connectivity index (χ4v) is 2.54. The molecule has 3 aromatic heterocycles. The minimum Gasteiger partial charge on any atom is -0.341 e. The first kappa shape index (κ1) is 11.2. The van der Waals surface area contributed by atoms with Crippen molar-refractivity contribution in [1.82, 2.24) is 24.1 Å². The van der Waals surface area contributed by atoms with Gasteiger partial charge in [0.15, 0.2) is 11.5 Å². The van der Waals surface area contributed by atoms with Gasteiger partial charge in [0.25, 0.3) is 0 Å². The monoisotopic (exact) mass is 263 g/mol. The molecule has 0 aliphatic rings. The highest BCUT2D eigenvalue weighted by Gasteiger charge is 2.11. The van der Waals surface area contributed by atoms with Crippen LogP contribution in [0.1, 0.15) is 0 Å². The van der Waals surface area contributed by atoms with E-state index in [4.69, 9.17) is 0 Å². The third-order valence-electron chi connectivity index (χ3n) is 3.66. The smallest absolute Gasteiger partial charge is 0.181 e. The van der Waals surface area contributed by atoms with Crippen molar-refractivity contribution in [2.45, 2.75) is 0 Å². The second-order valence-electron chi connectivity index (χ2n) is 4.91. The molecular formula is C15H13N5. The Morgan fingerprint density at radius 1 is 1.00 bits per heavy atom. The molecule has 0 atom stereocenters. The molecule has 0 radical (unpaired) electrons. The van der Waals surface area contributed by atoms with Crippen molar-refractivity contribution in [2.75, 3.05) is 0 Å². The number of hydrogen-bond donors (Lipinski definition) is 0. The molecule has 4 aromatic rings. The Balaban J connectivity index is 1.98. The summed E-state index contributed by atoms with van der Waals surface area (Å²) in [5, 5.41) is 1.19. The molecule has 98 valence electrons. The summed E-state index contributed by atoms with van der Waals surface area (Å²) >= 11 is 0. The van der Waals surface area contributed by atoms with E-state index in [-0.39, 0.29) is 0 Å². The zero-order chi connectivity index (χ0) is 13.7. The van der Waals surface area contributed by atoms with E-state index < -0.39 is 0 Å². The number of para-hydroxylation sites is 1. The fraction of sp³-hybridized carbons (Fsp3) is 0.133. The first-order valence-electron chi connectivity index (χ1n) is 6.43. The van der Waals surface area contributed by atoms with Gasteiger partial charge in [-0.05, 0) is 12.1 Å². The summed E-state index contributed by atoms with van der Waals surface area (Å²) in [7, 11) is 3.97. The lowest BCUT2D eigenvalue weighted by Gasteiger charge is -2.03. The van der Waals surface area contributed by atoms with Gasteiger partial charge in [0.05, 0.1) is 18.2 Å². The zero-order valence-electron chi connectivity index (χ0n) is 11.3. The summed E-state index contributed by atoms with van der Waals surface area (Å²) in [4.78, 5) is 13.3. The molecule has 3 heterocycles. The van der Waals surface area contributed by atoms with E-state index in [0.29, 0.717) is 5.82 Å². The Labute approximate surface area is 115 Å². The molecule has 0 amide bonds. The number of imidazole rings is 1.